The number of Topliss-reactive ketones (excluding diaryl/α,β-unsaturated/α-hetero) is 1. The molecular formula is C8H15NO2. The molecule has 1 atom stereocenters. The van der Waals surface area contributed by atoms with Gasteiger partial charge in [-0.05, 0) is 12.8 Å². The lowest BCUT2D eigenvalue weighted by molar-refractivity contribution is -0.127. The third-order valence-electron chi connectivity index (χ3n) is 1.68. The molecule has 0 saturated heterocycles. The first-order chi connectivity index (χ1) is 4.95. The largest absolute Gasteiger partial charge is 0.369 e. The lowest BCUT2D eigenvalue weighted by Crippen LogP contribution is -2.29. The highest BCUT2D eigenvalue weighted by molar-refractivity contribution is 5.84. The summed E-state index contributed by atoms with van der Waals surface area (Å²) < 4.78 is 0. The molecule has 0 fully saturated rings. The highest BCUT2D eigenvalue weighted by Gasteiger charge is 2.20. The Morgan fingerprint density at radius 3 is 1.91 bits per heavy atom. The predicted molar refractivity (Wildman–Crippen MR) is 42.8 cm³/mol. The summed E-state index contributed by atoms with van der Waals surface area (Å²) in [5.41, 5.74) is 5.09. The Balaban J connectivity index is 4.12. The average molecular weight is 157 g/mol. The minimum absolute atomic E-state index is 0.0162. The zero-order valence-corrected chi connectivity index (χ0v) is 7.26. The van der Waals surface area contributed by atoms with Crippen molar-refractivity contribution in [3.05, 3.63) is 0 Å². The molecule has 2 N–H and O–H groups in total. The molecular weight excluding hydrogens is 142 g/mol. The molecule has 0 rings (SSSR count). The average Bonchev–Trinajstić information content (AvgIpc) is 1.81. The minimum atomic E-state index is -0.379. The van der Waals surface area contributed by atoms with Crippen LogP contribution in [0.25, 0.3) is 0 Å². The van der Waals surface area contributed by atoms with E-state index in [9.17, 15) is 9.59 Å². The Morgan fingerprint density at radius 2 is 1.82 bits per heavy atom. The lowest BCUT2D eigenvalue weighted by atomic mass is 9.90. The number of primary amides is 1. The lowest BCUT2D eigenvalue weighted by Gasteiger charge is -2.14. The molecule has 11 heavy (non-hydrogen) atoms. The van der Waals surface area contributed by atoms with Crippen LogP contribution in [-0.4, -0.2) is 11.7 Å². The van der Waals surface area contributed by atoms with Crippen LogP contribution in [0.15, 0.2) is 0 Å². The molecule has 0 aliphatic rings. The van der Waals surface area contributed by atoms with E-state index < -0.39 is 0 Å². The van der Waals surface area contributed by atoms with Gasteiger partial charge in [0.25, 0.3) is 0 Å². The summed E-state index contributed by atoms with van der Waals surface area (Å²) >= 11 is 0. The number of hydrogen-bond acceptors (Lipinski definition) is 2. The Hall–Kier alpha value is -0.860. The quantitative estimate of drug-likeness (QED) is 0.653. The standard InChI is InChI=1S/C8H15NO2/c1-5(2)7(8(9)11)4-6(3)10/h5,7H,4H2,1-3H3,(H2,9,11). The van der Waals surface area contributed by atoms with E-state index in [1.807, 2.05) is 13.8 Å². The van der Waals surface area contributed by atoms with Crippen molar-refractivity contribution in [3.8, 4) is 0 Å². The first-order valence-corrected chi connectivity index (χ1v) is 3.74. The molecule has 0 aromatic carbocycles. The topological polar surface area (TPSA) is 60.2 Å². The van der Waals surface area contributed by atoms with Gasteiger partial charge in [-0.25, -0.2) is 0 Å². The molecule has 0 aromatic heterocycles. The van der Waals surface area contributed by atoms with Crippen LogP contribution in [0.4, 0.5) is 0 Å². The van der Waals surface area contributed by atoms with Crippen LogP contribution >= 0.6 is 0 Å². The predicted octanol–water partition coefficient (Wildman–Crippen LogP) is 0.723. The zero-order valence-electron chi connectivity index (χ0n) is 7.26. The third-order valence-corrected chi connectivity index (χ3v) is 1.68. The Bertz CT molecular complexity index is 163. The maximum Gasteiger partial charge on any atom is 0.221 e. The van der Waals surface area contributed by atoms with Crippen molar-refractivity contribution in [2.24, 2.45) is 17.6 Å². The van der Waals surface area contributed by atoms with E-state index in [0.717, 1.165) is 0 Å². The molecule has 0 heterocycles. The summed E-state index contributed by atoms with van der Waals surface area (Å²) in [5, 5.41) is 0. The van der Waals surface area contributed by atoms with Gasteiger partial charge in [0, 0.05) is 12.3 Å². The maximum atomic E-state index is 10.7. The normalized spacial score (nSPS) is 13.1. The molecule has 1 unspecified atom stereocenters. The van der Waals surface area contributed by atoms with Gasteiger partial charge >= 0.3 is 0 Å². The van der Waals surface area contributed by atoms with Gasteiger partial charge in [0.15, 0.2) is 0 Å². The van der Waals surface area contributed by atoms with Crippen molar-refractivity contribution in [3.63, 3.8) is 0 Å². The molecule has 1 amide bonds. The highest BCUT2D eigenvalue weighted by atomic mass is 16.1. The van der Waals surface area contributed by atoms with Crippen LogP contribution in [0.3, 0.4) is 0 Å². The summed E-state index contributed by atoms with van der Waals surface area (Å²) in [5.74, 6) is -0.512. The van der Waals surface area contributed by atoms with E-state index in [-0.39, 0.29) is 29.9 Å². The number of ketones is 1. The van der Waals surface area contributed by atoms with Gasteiger partial charge < -0.3 is 10.5 Å². The van der Waals surface area contributed by atoms with Gasteiger partial charge in [-0.2, -0.15) is 0 Å². The molecule has 3 heteroatoms. The van der Waals surface area contributed by atoms with E-state index in [2.05, 4.69) is 0 Å². The fraction of sp³-hybridized carbons (Fsp3) is 0.750. The Labute approximate surface area is 67.0 Å². The molecule has 64 valence electrons. The molecule has 0 radical (unpaired) electrons. The van der Waals surface area contributed by atoms with Crippen molar-refractivity contribution in [2.75, 3.05) is 0 Å². The van der Waals surface area contributed by atoms with Gasteiger partial charge in [0.05, 0.1) is 0 Å². The number of carbonyl (C=O) groups excluding carboxylic acids is 2. The monoisotopic (exact) mass is 157 g/mol. The van der Waals surface area contributed by atoms with Crippen LogP contribution in [0.5, 0.6) is 0 Å². The van der Waals surface area contributed by atoms with Gasteiger partial charge in [0.1, 0.15) is 5.78 Å². The Kier molecular flexibility index (Phi) is 3.79. The van der Waals surface area contributed by atoms with Crippen molar-refractivity contribution < 1.29 is 9.59 Å². The molecule has 0 aromatic rings. The molecule has 0 spiro atoms. The van der Waals surface area contributed by atoms with Crippen LogP contribution in [0.2, 0.25) is 0 Å². The minimum Gasteiger partial charge on any atom is -0.369 e. The van der Waals surface area contributed by atoms with Gasteiger partial charge in [0.2, 0.25) is 5.91 Å². The summed E-state index contributed by atoms with van der Waals surface area (Å²) in [6.45, 7) is 5.25. The van der Waals surface area contributed by atoms with Crippen LogP contribution in [-0.2, 0) is 9.59 Å². The second kappa shape index (κ2) is 4.11. The van der Waals surface area contributed by atoms with Crippen molar-refractivity contribution in [1.29, 1.82) is 0 Å². The molecule has 0 aliphatic heterocycles. The molecule has 0 bridgehead atoms. The van der Waals surface area contributed by atoms with E-state index in [1.165, 1.54) is 6.92 Å². The first kappa shape index (κ1) is 10.1. The van der Waals surface area contributed by atoms with Gasteiger partial charge in [-0.3, -0.25) is 4.79 Å². The van der Waals surface area contributed by atoms with Crippen molar-refractivity contribution in [2.45, 2.75) is 27.2 Å². The van der Waals surface area contributed by atoms with Crippen LogP contribution in [0, 0.1) is 11.8 Å². The van der Waals surface area contributed by atoms with E-state index >= 15 is 0 Å². The third kappa shape index (κ3) is 3.75. The molecule has 3 nitrogen and oxygen atoms in total. The maximum absolute atomic E-state index is 10.7. The SMILES string of the molecule is CC(=O)CC(C(N)=O)C(C)C. The van der Waals surface area contributed by atoms with E-state index in [4.69, 9.17) is 5.73 Å². The number of hydrogen-bond donors (Lipinski definition) is 1. The smallest absolute Gasteiger partial charge is 0.221 e. The fourth-order valence-electron chi connectivity index (χ4n) is 0.975. The Morgan fingerprint density at radius 1 is 1.36 bits per heavy atom. The number of nitrogens with two attached hydrogens (primary N) is 1. The molecule has 0 aliphatic carbocycles. The van der Waals surface area contributed by atoms with E-state index in [0.29, 0.717) is 0 Å². The number of rotatable bonds is 4. The fourth-order valence-corrected chi connectivity index (χ4v) is 0.975. The summed E-state index contributed by atoms with van der Waals surface area (Å²) in [6.07, 6.45) is 0.271. The second-order valence-corrected chi connectivity index (χ2v) is 3.16. The van der Waals surface area contributed by atoms with Gasteiger partial charge in [-0.15, -0.1) is 0 Å². The first-order valence-electron chi connectivity index (χ1n) is 3.74. The number of carbonyl (C=O) groups is 2. The summed E-state index contributed by atoms with van der Waals surface area (Å²) in [6, 6.07) is 0. The van der Waals surface area contributed by atoms with E-state index in [1.54, 1.807) is 0 Å². The highest BCUT2D eigenvalue weighted by Crippen LogP contribution is 2.14. The number of amides is 1. The van der Waals surface area contributed by atoms with Gasteiger partial charge in [-0.1, -0.05) is 13.8 Å². The second-order valence-electron chi connectivity index (χ2n) is 3.16. The van der Waals surface area contributed by atoms with Crippen LogP contribution < -0.4 is 5.73 Å². The van der Waals surface area contributed by atoms with Crippen molar-refractivity contribution in [1.82, 2.24) is 0 Å². The van der Waals surface area contributed by atoms with Crippen molar-refractivity contribution >= 4 is 11.7 Å². The van der Waals surface area contributed by atoms with Crippen LogP contribution in [0.1, 0.15) is 27.2 Å². The zero-order chi connectivity index (χ0) is 9.02. The summed E-state index contributed by atoms with van der Waals surface area (Å²) in [7, 11) is 0. The summed E-state index contributed by atoms with van der Waals surface area (Å²) in [4.78, 5) is 21.4. The molecule has 0 saturated carbocycles.